The smallest absolute Gasteiger partial charge is 0.233 e. The summed E-state index contributed by atoms with van der Waals surface area (Å²) in [6.07, 6.45) is 2.93. The number of amides is 1. The number of nitrogens with one attached hydrogen (secondary N) is 1. The summed E-state index contributed by atoms with van der Waals surface area (Å²) in [6, 6.07) is 11.1. The van der Waals surface area contributed by atoms with Gasteiger partial charge in [-0.05, 0) is 11.6 Å². The van der Waals surface area contributed by atoms with E-state index in [0.717, 1.165) is 5.56 Å². The van der Waals surface area contributed by atoms with Crippen molar-refractivity contribution in [3.8, 4) is 0 Å². The van der Waals surface area contributed by atoms with Crippen LogP contribution in [0.5, 0.6) is 0 Å². The van der Waals surface area contributed by atoms with Crippen LogP contribution in [0.2, 0.25) is 0 Å². The molecule has 0 fully saturated rings. The Bertz CT molecular complexity index is 617. The Labute approximate surface area is 119 Å². The summed E-state index contributed by atoms with van der Waals surface area (Å²) in [4.78, 5) is 16.0. The number of rotatable bonds is 5. The Morgan fingerprint density at radius 1 is 1.25 bits per heavy atom. The van der Waals surface area contributed by atoms with Gasteiger partial charge in [-0.1, -0.05) is 30.3 Å². The third-order valence-electron chi connectivity index (χ3n) is 2.65. The zero-order valence-corrected chi connectivity index (χ0v) is 11.6. The van der Waals surface area contributed by atoms with E-state index in [0.29, 0.717) is 17.1 Å². The lowest BCUT2D eigenvalue weighted by Crippen LogP contribution is -2.28. The Balaban J connectivity index is 1.89. The molecule has 104 valence electrons. The van der Waals surface area contributed by atoms with E-state index >= 15 is 0 Å². The van der Waals surface area contributed by atoms with E-state index in [1.54, 1.807) is 6.07 Å². The van der Waals surface area contributed by atoms with Crippen molar-refractivity contribution in [2.24, 2.45) is 0 Å². The molecule has 0 aliphatic carbocycles. The standard InChI is InChI=1S/C14H15N3O2S/c15-12-9-16-7-6-13(12)20(19)10-14(18)17-8-11-4-2-1-3-5-11/h1-7,9H,8,10,15H2,(H,17,18). The second-order valence-corrected chi connectivity index (χ2v) is 5.59. The average Bonchev–Trinajstić information content (AvgIpc) is 2.46. The molecule has 3 N–H and O–H groups in total. The second-order valence-electron chi connectivity index (χ2n) is 4.17. The Morgan fingerprint density at radius 3 is 2.70 bits per heavy atom. The second kappa shape index (κ2) is 6.81. The molecule has 2 aromatic rings. The zero-order chi connectivity index (χ0) is 14.4. The van der Waals surface area contributed by atoms with Crippen LogP contribution in [-0.4, -0.2) is 20.9 Å². The van der Waals surface area contributed by atoms with Gasteiger partial charge in [0.25, 0.3) is 0 Å². The summed E-state index contributed by atoms with van der Waals surface area (Å²) in [5.74, 6) is -0.385. The molecule has 5 nitrogen and oxygen atoms in total. The fourth-order valence-corrected chi connectivity index (χ4v) is 2.67. The lowest BCUT2D eigenvalue weighted by atomic mass is 10.2. The van der Waals surface area contributed by atoms with Crippen molar-refractivity contribution in [3.63, 3.8) is 0 Å². The average molecular weight is 289 g/mol. The van der Waals surface area contributed by atoms with Crippen LogP contribution in [0.25, 0.3) is 0 Å². The zero-order valence-electron chi connectivity index (χ0n) is 10.8. The van der Waals surface area contributed by atoms with E-state index < -0.39 is 10.8 Å². The molecule has 1 amide bonds. The molecular formula is C14H15N3O2S. The SMILES string of the molecule is Nc1cnccc1S(=O)CC(=O)NCc1ccccc1. The Morgan fingerprint density at radius 2 is 2.00 bits per heavy atom. The first-order valence-corrected chi connectivity index (χ1v) is 7.37. The van der Waals surface area contributed by atoms with Crippen LogP contribution in [0.15, 0.2) is 53.7 Å². The van der Waals surface area contributed by atoms with Crippen molar-refractivity contribution < 1.29 is 9.00 Å². The van der Waals surface area contributed by atoms with E-state index in [4.69, 9.17) is 5.73 Å². The highest BCUT2D eigenvalue weighted by molar-refractivity contribution is 7.86. The molecule has 0 aliphatic rings. The lowest BCUT2D eigenvalue weighted by molar-refractivity contribution is -0.118. The van der Waals surface area contributed by atoms with Gasteiger partial charge in [0, 0.05) is 12.7 Å². The predicted molar refractivity (Wildman–Crippen MR) is 78.2 cm³/mol. The van der Waals surface area contributed by atoms with Crippen molar-refractivity contribution in [3.05, 3.63) is 54.4 Å². The molecule has 1 heterocycles. The molecule has 0 radical (unpaired) electrons. The van der Waals surface area contributed by atoms with Crippen molar-refractivity contribution in [2.45, 2.75) is 11.4 Å². The van der Waals surface area contributed by atoms with Gasteiger partial charge < -0.3 is 11.1 Å². The summed E-state index contributed by atoms with van der Waals surface area (Å²) in [7, 11) is -1.46. The van der Waals surface area contributed by atoms with Gasteiger partial charge in [-0.3, -0.25) is 14.0 Å². The minimum absolute atomic E-state index is 0.110. The van der Waals surface area contributed by atoms with Gasteiger partial charge in [-0.15, -0.1) is 0 Å². The molecule has 0 saturated heterocycles. The number of pyridine rings is 1. The highest BCUT2D eigenvalue weighted by Gasteiger charge is 2.12. The van der Waals surface area contributed by atoms with Crippen LogP contribution in [0.4, 0.5) is 5.69 Å². The molecule has 2 rings (SSSR count). The first-order chi connectivity index (χ1) is 9.66. The van der Waals surface area contributed by atoms with E-state index in [1.165, 1.54) is 12.4 Å². The minimum Gasteiger partial charge on any atom is -0.396 e. The quantitative estimate of drug-likeness (QED) is 0.863. The molecule has 6 heteroatoms. The largest absolute Gasteiger partial charge is 0.396 e. The summed E-state index contributed by atoms with van der Waals surface area (Å²) in [5, 5.41) is 2.73. The van der Waals surface area contributed by atoms with Crippen LogP contribution in [0.1, 0.15) is 5.56 Å². The minimum atomic E-state index is -1.46. The molecular weight excluding hydrogens is 274 g/mol. The lowest BCUT2D eigenvalue weighted by Gasteiger charge is -2.06. The monoisotopic (exact) mass is 289 g/mol. The van der Waals surface area contributed by atoms with Gasteiger partial charge >= 0.3 is 0 Å². The van der Waals surface area contributed by atoms with Crippen molar-refractivity contribution in [1.82, 2.24) is 10.3 Å². The number of nitrogens with two attached hydrogens (primary N) is 1. The highest BCUT2D eigenvalue weighted by atomic mass is 32.2. The fraction of sp³-hybridized carbons (Fsp3) is 0.143. The van der Waals surface area contributed by atoms with Gasteiger partial charge in [0.2, 0.25) is 5.91 Å². The van der Waals surface area contributed by atoms with Gasteiger partial charge in [-0.2, -0.15) is 0 Å². The van der Waals surface area contributed by atoms with Crippen LogP contribution >= 0.6 is 0 Å². The number of benzene rings is 1. The van der Waals surface area contributed by atoms with Gasteiger partial charge in [0.05, 0.1) is 27.6 Å². The Kier molecular flexibility index (Phi) is 4.84. The summed E-state index contributed by atoms with van der Waals surface area (Å²) in [5.41, 5.74) is 7.01. The number of carbonyl (C=O) groups excluding carboxylic acids is 1. The molecule has 1 atom stereocenters. The maximum absolute atomic E-state index is 12.0. The van der Waals surface area contributed by atoms with E-state index in [1.807, 2.05) is 30.3 Å². The Hall–Kier alpha value is -2.21. The highest BCUT2D eigenvalue weighted by Crippen LogP contribution is 2.13. The topological polar surface area (TPSA) is 85.1 Å². The molecule has 1 unspecified atom stereocenters. The molecule has 20 heavy (non-hydrogen) atoms. The number of nitrogen functional groups attached to an aromatic ring is 1. The molecule has 0 aliphatic heterocycles. The molecule has 1 aromatic carbocycles. The first kappa shape index (κ1) is 14.2. The van der Waals surface area contributed by atoms with E-state index in [-0.39, 0.29) is 11.7 Å². The number of carbonyl (C=O) groups is 1. The normalized spacial score (nSPS) is 11.8. The molecule has 0 saturated carbocycles. The molecule has 0 bridgehead atoms. The number of aromatic nitrogens is 1. The summed E-state index contributed by atoms with van der Waals surface area (Å²) < 4.78 is 12.0. The van der Waals surface area contributed by atoms with Crippen molar-refractivity contribution in [2.75, 3.05) is 11.5 Å². The maximum Gasteiger partial charge on any atom is 0.233 e. The van der Waals surface area contributed by atoms with Crippen LogP contribution in [-0.2, 0) is 22.1 Å². The van der Waals surface area contributed by atoms with Crippen LogP contribution < -0.4 is 11.1 Å². The van der Waals surface area contributed by atoms with Gasteiger partial charge in [-0.25, -0.2) is 0 Å². The number of nitrogens with zero attached hydrogens (tertiary/aromatic N) is 1. The maximum atomic E-state index is 12.0. The number of hydrogen-bond donors (Lipinski definition) is 2. The number of anilines is 1. The van der Waals surface area contributed by atoms with E-state index in [9.17, 15) is 9.00 Å². The third-order valence-corrected chi connectivity index (χ3v) is 4.04. The van der Waals surface area contributed by atoms with Crippen molar-refractivity contribution >= 4 is 22.4 Å². The van der Waals surface area contributed by atoms with E-state index in [2.05, 4.69) is 10.3 Å². The van der Waals surface area contributed by atoms with Crippen LogP contribution in [0, 0.1) is 0 Å². The summed E-state index contributed by atoms with van der Waals surface area (Å²) in [6.45, 7) is 0.419. The van der Waals surface area contributed by atoms with Crippen molar-refractivity contribution in [1.29, 1.82) is 0 Å². The first-order valence-electron chi connectivity index (χ1n) is 6.05. The molecule has 0 spiro atoms. The van der Waals surface area contributed by atoms with Gasteiger partial charge in [0.15, 0.2) is 0 Å². The van der Waals surface area contributed by atoms with Gasteiger partial charge in [0.1, 0.15) is 5.75 Å². The fourth-order valence-electron chi connectivity index (χ4n) is 1.65. The summed E-state index contributed by atoms with van der Waals surface area (Å²) >= 11 is 0. The third kappa shape index (κ3) is 3.89. The van der Waals surface area contributed by atoms with Crippen LogP contribution in [0.3, 0.4) is 0 Å². The predicted octanol–water partition coefficient (Wildman–Crippen LogP) is 1.09. The number of hydrogen-bond acceptors (Lipinski definition) is 4. The molecule has 1 aromatic heterocycles.